The third-order valence-electron chi connectivity index (χ3n) is 3.97. The Labute approximate surface area is 134 Å². The van der Waals surface area contributed by atoms with E-state index in [1.54, 1.807) is 6.07 Å². The van der Waals surface area contributed by atoms with E-state index in [2.05, 4.69) is 4.57 Å². The molecule has 1 heterocycles. The molecular weight excluding hydrogens is 302 g/mol. The summed E-state index contributed by atoms with van der Waals surface area (Å²) in [4.78, 5) is 23.7. The molecule has 118 valence electrons. The van der Waals surface area contributed by atoms with Gasteiger partial charge >= 0.3 is 5.97 Å². The quantitative estimate of drug-likeness (QED) is 0.930. The van der Waals surface area contributed by atoms with Crippen LogP contribution in [0.4, 0.5) is 0 Å². The van der Waals surface area contributed by atoms with Crippen LogP contribution in [0.25, 0.3) is 10.9 Å². The topological polar surface area (TPSA) is 59.3 Å². The van der Waals surface area contributed by atoms with Crippen molar-refractivity contribution in [3.8, 4) is 0 Å². The van der Waals surface area contributed by atoms with Gasteiger partial charge < -0.3 is 9.67 Å². The average Bonchev–Trinajstić information content (AvgIpc) is 2.41. The molecule has 0 atom stereocenters. The lowest BCUT2D eigenvalue weighted by Gasteiger charge is -2.23. The fourth-order valence-corrected chi connectivity index (χ4v) is 3.24. The first-order valence-electron chi connectivity index (χ1n) is 7.30. The lowest BCUT2D eigenvalue weighted by molar-refractivity contribution is -0.136. The molecule has 0 aliphatic rings. The molecule has 0 amide bonds. The van der Waals surface area contributed by atoms with Crippen LogP contribution in [0.3, 0.4) is 0 Å². The Balaban J connectivity index is 2.92. The zero-order valence-corrected chi connectivity index (χ0v) is 14.0. The zero-order chi connectivity index (χ0) is 16.6. The van der Waals surface area contributed by atoms with Crippen LogP contribution in [0.2, 0.25) is 5.02 Å². The molecule has 1 aromatic carbocycles. The summed E-state index contributed by atoms with van der Waals surface area (Å²) < 4.78 is 2.08. The van der Waals surface area contributed by atoms with E-state index in [0.29, 0.717) is 16.0 Å². The van der Waals surface area contributed by atoms with Crippen molar-refractivity contribution in [3.63, 3.8) is 0 Å². The van der Waals surface area contributed by atoms with Gasteiger partial charge in [0.25, 0.3) is 0 Å². The SMILES string of the molecule is Cc1ccc(Cl)c2c(=O)c(CCC(=O)O)c(C)n(C(C)C)c12. The zero-order valence-electron chi connectivity index (χ0n) is 13.2. The summed E-state index contributed by atoms with van der Waals surface area (Å²) in [6.07, 6.45) is 0.149. The normalized spacial score (nSPS) is 11.4. The van der Waals surface area contributed by atoms with Crippen LogP contribution in [-0.4, -0.2) is 15.6 Å². The van der Waals surface area contributed by atoms with Crippen LogP contribution >= 0.6 is 11.6 Å². The number of benzene rings is 1. The molecule has 5 heteroatoms. The van der Waals surface area contributed by atoms with Gasteiger partial charge in [0.2, 0.25) is 0 Å². The maximum Gasteiger partial charge on any atom is 0.303 e. The van der Waals surface area contributed by atoms with E-state index >= 15 is 0 Å². The van der Waals surface area contributed by atoms with E-state index in [1.165, 1.54) is 0 Å². The maximum atomic E-state index is 12.8. The van der Waals surface area contributed by atoms with Crippen LogP contribution in [-0.2, 0) is 11.2 Å². The predicted octanol–water partition coefficient (Wildman–Crippen LogP) is 3.87. The molecule has 0 bridgehead atoms. The molecule has 0 radical (unpaired) electrons. The van der Waals surface area contributed by atoms with Gasteiger partial charge in [0.1, 0.15) is 0 Å². The fraction of sp³-hybridized carbons (Fsp3) is 0.412. The molecule has 0 saturated heterocycles. The number of carbonyl (C=O) groups is 1. The van der Waals surface area contributed by atoms with Gasteiger partial charge in [-0.25, -0.2) is 0 Å². The summed E-state index contributed by atoms with van der Waals surface area (Å²) in [5.74, 6) is -0.912. The third-order valence-corrected chi connectivity index (χ3v) is 4.29. The number of carboxylic acids is 1. The number of aryl methyl sites for hydroxylation is 1. The number of fused-ring (bicyclic) bond motifs is 1. The number of hydrogen-bond donors (Lipinski definition) is 1. The summed E-state index contributed by atoms with van der Waals surface area (Å²) in [6, 6.07) is 3.77. The highest BCUT2D eigenvalue weighted by Crippen LogP contribution is 2.28. The largest absolute Gasteiger partial charge is 0.481 e. The predicted molar refractivity (Wildman–Crippen MR) is 89.0 cm³/mol. The first-order chi connectivity index (χ1) is 10.3. The molecule has 0 aliphatic carbocycles. The number of halogens is 1. The lowest BCUT2D eigenvalue weighted by atomic mass is 10.0. The van der Waals surface area contributed by atoms with Gasteiger partial charge in [-0.2, -0.15) is 0 Å². The number of aromatic nitrogens is 1. The molecule has 1 aromatic heterocycles. The van der Waals surface area contributed by atoms with Crippen LogP contribution in [0.1, 0.15) is 43.1 Å². The van der Waals surface area contributed by atoms with E-state index in [1.807, 2.05) is 33.8 Å². The molecule has 1 N–H and O–H groups in total. The number of pyridine rings is 1. The molecule has 2 rings (SSSR count). The summed E-state index contributed by atoms with van der Waals surface area (Å²) in [7, 11) is 0. The second kappa shape index (κ2) is 6.13. The van der Waals surface area contributed by atoms with Gasteiger partial charge in [-0.3, -0.25) is 9.59 Å². The highest BCUT2D eigenvalue weighted by Gasteiger charge is 2.19. The molecule has 2 aromatic rings. The van der Waals surface area contributed by atoms with E-state index in [-0.39, 0.29) is 24.3 Å². The molecule has 0 aliphatic heterocycles. The lowest BCUT2D eigenvalue weighted by Crippen LogP contribution is -2.22. The minimum atomic E-state index is -0.912. The Morgan fingerprint density at radius 2 is 1.95 bits per heavy atom. The molecule has 22 heavy (non-hydrogen) atoms. The second-order valence-electron chi connectivity index (χ2n) is 5.84. The first kappa shape index (κ1) is 16.6. The minimum absolute atomic E-state index is 0.0664. The van der Waals surface area contributed by atoms with Crippen molar-refractivity contribution in [2.75, 3.05) is 0 Å². The Morgan fingerprint density at radius 1 is 1.32 bits per heavy atom. The van der Waals surface area contributed by atoms with E-state index in [4.69, 9.17) is 16.7 Å². The molecule has 0 fully saturated rings. The van der Waals surface area contributed by atoms with Gasteiger partial charge in [-0.05, 0) is 45.7 Å². The molecule has 0 saturated carbocycles. The molecular formula is C17H20ClNO3. The van der Waals surface area contributed by atoms with Crippen molar-refractivity contribution in [1.29, 1.82) is 0 Å². The Morgan fingerprint density at radius 3 is 2.50 bits per heavy atom. The highest BCUT2D eigenvalue weighted by molar-refractivity contribution is 6.35. The Hall–Kier alpha value is -1.81. The average molecular weight is 322 g/mol. The second-order valence-corrected chi connectivity index (χ2v) is 6.25. The number of carboxylic acid groups (broad SMARTS) is 1. The summed E-state index contributed by atoms with van der Waals surface area (Å²) >= 11 is 6.27. The van der Waals surface area contributed by atoms with Gasteiger partial charge in [0.15, 0.2) is 5.43 Å². The van der Waals surface area contributed by atoms with Crippen molar-refractivity contribution in [3.05, 3.63) is 44.2 Å². The minimum Gasteiger partial charge on any atom is -0.481 e. The van der Waals surface area contributed by atoms with Crippen molar-refractivity contribution >= 4 is 28.5 Å². The monoisotopic (exact) mass is 321 g/mol. The highest BCUT2D eigenvalue weighted by atomic mass is 35.5. The van der Waals surface area contributed by atoms with Crippen molar-refractivity contribution in [1.82, 2.24) is 4.57 Å². The number of rotatable bonds is 4. The van der Waals surface area contributed by atoms with E-state index in [9.17, 15) is 9.59 Å². The summed E-state index contributed by atoms with van der Waals surface area (Å²) in [5, 5.41) is 9.81. The standard InChI is InChI=1S/C17H20ClNO3/c1-9(2)19-11(4)12(6-8-14(20)21)17(22)15-13(18)7-5-10(3)16(15)19/h5,7,9H,6,8H2,1-4H3,(H,20,21). The maximum absolute atomic E-state index is 12.8. The van der Waals surface area contributed by atoms with Crippen LogP contribution < -0.4 is 5.43 Å². The van der Waals surface area contributed by atoms with Crippen molar-refractivity contribution in [2.45, 2.75) is 46.6 Å². The van der Waals surface area contributed by atoms with E-state index in [0.717, 1.165) is 16.8 Å². The van der Waals surface area contributed by atoms with Crippen LogP contribution in [0, 0.1) is 13.8 Å². The van der Waals surface area contributed by atoms with Gasteiger partial charge in [0, 0.05) is 23.7 Å². The Bertz CT molecular complexity index is 806. The summed E-state index contributed by atoms with van der Waals surface area (Å²) in [5.41, 5.74) is 3.02. The van der Waals surface area contributed by atoms with Crippen molar-refractivity contribution in [2.24, 2.45) is 0 Å². The first-order valence-corrected chi connectivity index (χ1v) is 7.68. The van der Waals surface area contributed by atoms with Gasteiger partial charge in [0.05, 0.1) is 15.9 Å². The summed E-state index contributed by atoms with van der Waals surface area (Å²) in [6.45, 7) is 7.90. The van der Waals surface area contributed by atoms with E-state index < -0.39 is 5.97 Å². The molecule has 0 spiro atoms. The molecule has 0 unspecified atom stereocenters. The fourth-order valence-electron chi connectivity index (χ4n) is 3.00. The molecule has 4 nitrogen and oxygen atoms in total. The van der Waals surface area contributed by atoms with Crippen LogP contribution in [0.15, 0.2) is 16.9 Å². The Kier molecular flexibility index (Phi) is 4.61. The van der Waals surface area contributed by atoms with Gasteiger partial charge in [-0.15, -0.1) is 0 Å². The third kappa shape index (κ3) is 2.75. The number of aliphatic carboxylic acids is 1. The number of hydrogen-bond acceptors (Lipinski definition) is 2. The van der Waals surface area contributed by atoms with Crippen LogP contribution in [0.5, 0.6) is 0 Å². The number of nitrogens with zero attached hydrogens (tertiary/aromatic N) is 1. The van der Waals surface area contributed by atoms with Crippen molar-refractivity contribution < 1.29 is 9.90 Å². The van der Waals surface area contributed by atoms with Gasteiger partial charge in [-0.1, -0.05) is 17.7 Å². The smallest absolute Gasteiger partial charge is 0.303 e.